The number of pyridine rings is 1. The van der Waals surface area contributed by atoms with Gasteiger partial charge in [0.25, 0.3) is 5.91 Å². The highest BCUT2D eigenvalue weighted by Crippen LogP contribution is 2.30. The Bertz CT molecular complexity index is 1460. The van der Waals surface area contributed by atoms with Gasteiger partial charge in [0.15, 0.2) is 0 Å². The topological polar surface area (TPSA) is 86.5 Å². The van der Waals surface area contributed by atoms with Crippen molar-refractivity contribution in [2.24, 2.45) is 4.99 Å². The van der Waals surface area contributed by atoms with Gasteiger partial charge < -0.3 is 19.6 Å². The molecule has 1 aliphatic rings. The first kappa shape index (κ1) is 24.2. The van der Waals surface area contributed by atoms with Crippen molar-refractivity contribution in [1.82, 2.24) is 19.4 Å². The van der Waals surface area contributed by atoms with E-state index in [0.717, 1.165) is 60.1 Å². The number of aliphatic hydroxyl groups is 1. The molecule has 2 aromatic carbocycles. The van der Waals surface area contributed by atoms with E-state index in [9.17, 15) is 9.90 Å². The molecule has 186 valence electrons. The Balaban J connectivity index is 1.52. The summed E-state index contributed by atoms with van der Waals surface area (Å²) in [6, 6.07) is 18.2. The zero-order valence-corrected chi connectivity index (χ0v) is 21.1. The van der Waals surface area contributed by atoms with E-state index < -0.39 is 0 Å². The van der Waals surface area contributed by atoms with Gasteiger partial charge in [-0.2, -0.15) is 4.99 Å². The molecule has 0 unspecified atom stereocenters. The normalized spacial score (nSPS) is 18.8. The van der Waals surface area contributed by atoms with Gasteiger partial charge in [-0.3, -0.25) is 9.78 Å². The Morgan fingerprint density at radius 3 is 2.69 bits per heavy atom. The number of hydrogen-bond donors (Lipinski definition) is 2. The minimum atomic E-state index is -0.309. The minimum absolute atomic E-state index is 0.184. The van der Waals surface area contributed by atoms with Gasteiger partial charge >= 0.3 is 0 Å². The van der Waals surface area contributed by atoms with Crippen molar-refractivity contribution >= 4 is 16.9 Å². The number of aryl methyl sites for hydroxylation is 1. The molecule has 0 atom stereocenters. The molecular formula is C29H33N5O2. The highest BCUT2D eigenvalue weighted by atomic mass is 16.3. The molecule has 4 aromatic rings. The summed E-state index contributed by atoms with van der Waals surface area (Å²) in [6.45, 7) is 2.88. The molecule has 1 fully saturated rings. The Morgan fingerprint density at radius 1 is 1.11 bits per heavy atom. The third-order valence-electron chi connectivity index (χ3n) is 6.85. The van der Waals surface area contributed by atoms with E-state index in [2.05, 4.69) is 61.7 Å². The van der Waals surface area contributed by atoms with E-state index in [-0.39, 0.29) is 18.1 Å². The molecule has 0 spiro atoms. The maximum Gasteiger partial charge on any atom is 0.280 e. The van der Waals surface area contributed by atoms with Crippen molar-refractivity contribution in [3.63, 3.8) is 0 Å². The predicted octanol–water partition coefficient (Wildman–Crippen LogP) is 4.62. The number of H-pyrrole nitrogens is 1. The van der Waals surface area contributed by atoms with Crippen LogP contribution in [-0.2, 0) is 6.54 Å². The van der Waals surface area contributed by atoms with Crippen molar-refractivity contribution < 1.29 is 9.90 Å². The second-order valence-corrected chi connectivity index (χ2v) is 10.1. The van der Waals surface area contributed by atoms with Crippen molar-refractivity contribution in [2.45, 2.75) is 51.3 Å². The fourth-order valence-electron chi connectivity index (χ4n) is 5.10. The number of carbonyl (C=O) groups is 1. The molecule has 1 saturated carbocycles. The molecule has 0 radical (unpaired) electrons. The fourth-order valence-corrected chi connectivity index (χ4v) is 5.10. The number of rotatable bonds is 5. The quantitative estimate of drug-likeness (QED) is 0.434. The highest BCUT2D eigenvalue weighted by molar-refractivity contribution is 5.95. The molecule has 2 aromatic heterocycles. The first-order valence-electron chi connectivity index (χ1n) is 12.6. The van der Waals surface area contributed by atoms with Crippen molar-refractivity contribution in [2.75, 3.05) is 14.1 Å². The second-order valence-electron chi connectivity index (χ2n) is 10.1. The number of aliphatic hydroxyl groups excluding tert-OH is 1. The van der Waals surface area contributed by atoms with E-state index in [1.165, 1.54) is 5.56 Å². The van der Waals surface area contributed by atoms with Crippen LogP contribution in [0.4, 0.5) is 0 Å². The van der Waals surface area contributed by atoms with Crippen molar-refractivity contribution in [1.29, 1.82) is 0 Å². The van der Waals surface area contributed by atoms with Gasteiger partial charge in [-0.15, -0.1) is 0 Å². The van der Waals surface area contributed by atoms with Gasteiger partial charge in [0.2, 0.25) is 5.62 Å². The van der Waals surface area contributed by atoms with Crippen molar-refractivity contribution in [3.8, 4) is 11.3 Å². The zero-order chi connectivity index (χ0) is 25.2. The first-order valence-corrected chi connectivity index (χ1v) is 12.6. The molecule has 7 heteroatoms. The number of carbonyl (C=O) groups excluding carboxylic acids is 1. The number of amides is 1. The SMILES string of the molecule is Cc1ccc2c(c1)[nH]/c(=N\C(=O)c1ccnc(-c3cccc(CN(C)C)c3)c1)n2[C@H]1CC[C@@H](O)CC1. The number of fused-ring (bicyclic) bond motifs is 1. The van der Waals surface area contributed by atoms with E-state index in [1.54, 1.807) is 12.3 Å². The summed E-state index contributed by atoms with van der Waals surface area (Å²) in [4.78, 5) is 27.9. The van der Waals surface area contributed by atoms with Gasteiger partial charge in [0.1, 0.15) is 0 Å². The zero-order valence-electron chi connectivity index (χ0n) is 21.1. The lowest BCUT2D eigenvalue weighted by Gasteiger charge is -2.27. The van der Waals surface area contributed by atoms with Gasteiger partial charge in [-0.25, -0.2) is 0 Å². The van der Waals surface area contributed by atoms with Crippen LogP contribution in [0.5, 0.6) is 0 Å². The summed E-state index contributed by atoms with van der Waals surface area (Å²) in [6.07, 6.45) is 4.64. The summed E-state index contributed by atoms with van der Waals surface area (Å²) in [7, 11) is 4.08. The lowest BCUT2D eigenvalue weighted by Crippen LogP contribution is -2.29. The molecule has 1 aliphatic carbocycles. The van der Waals surface area contributed by atoms with Gasteiger partial charge in [-0.05, 0) is 88.2 Å². The fraction of sp³-hybridized carbons (Fsp3) is 0.345. The summed E-state index contributed by atoms with van der Waals surface area (Å²) >= 11 is 0. The molecular weight excluding hydrogens is 450 g/mol. The Labute approximate surface area is 211 Å². The van der Waals surface area contributed by atoms with Crippen LogP contribution in [0.2, 0.25) is 0 Å². The van der Waals surface area contributed by atoms with Gasteiger partial charge in [-0.1, -0.05) is 24.3 Å². The largest absolute Gasteiger partial charge is 0.393 e. The molecule has 1 amide bonds. The first-order chi connectivity index (χ1) is 17.4. The van der Waals surface area contributed by atoms with Crippen LogP contribution in [0.25, 0.3) is 22.3 Å². The summed E-state index contributed by atoms with van der Waals surface area (Å²) < 4.78 is 2.14. The van der Waals surface area contributed by atoms with Crippen LogP contribution < -0.4 is 5.62 Å². The number of nitrogens with one attached hydrogen (secondary N) is 1. The average Bonchev–Trinajstić information content (AvgIpc) is 3.21. The monoisotopic (exact) mass is 483 g/mol. The average molecular weight is 484 g/mol. The summed E-state index contributed by atoms with van der Waals surface area (Å²) in [5, 5.41) is 10.0. The summed E-state index contributed by atoms with van der Waals surface area (Å²) in [5.74, 6) is -0.309. The molecule has 7 nitrogen and oxygen atoms in total. The third-order valence-corrected chi connectivity index (χ3v) is 6.85. The molecule has 0 aliphatic heterocycles. The number of hydrogen-bond acceptors (Lipinski definition) is 4. The Hall–Kier alpha value is -3.55. The molecule has 0 bridgehead atoms. The smallest absolute Gasteiger partial charge is 0.280 e. The highest BCUT2D eigenvalue weighted by Gasteiger charge is 2.23. The molecule has 2 heterocycles. The third kappa shape index (κ3) is 5.17. The lowest BCUT2D eigenvalue weighted by atomic mass is 9.93. The van der Waals surface area contributed by atoms with Crippen LogP contribution in [0.3, 0.4) is 0 Å². The van der Waals surface area contributed by atoms with Gasteiger partial charge in [0, 0.05) is 29.9 Å². The lowest BCUT2D eigenvalue weighted by molar-refractivity contribution is 0.0990. The Morgan fingerprint density at radius 2 is 1.92 bits per heavy atom. The van der Waals surface area contributed by atoms with E-state index in [4.69, 9.17) is 0 Å². The van der Waals surface area contributed by atoms with Crippen LogP contribution in [0, 0.1) is 6.92 Å². The Kier molecular flexibility index (Phi) is 6.85. The number of aromatic amines is 1. The summed E-state index contributed by atoms with van der Waals surface area (Å²) in [5.41, 5.74) is 7.09. The maximum absolute atomic E-state index is 13.4. The standard InChI is InChI=1S/C29H33N5O2/c1-19-7-12-27-26(15-19)31-29(34(27)23-8-10-24(35)11-9-23)32-28(36)22-13-14-30-25(17-22)21-6-4-5-20(16-21)18-33(2)3/h4-7,12-17,23-24,35H,8-11,18H2,1-3H3,(H,31,32,36)/t23-,24+. The maximum atomic E-state index is 13.4. The molecule has 36 heavy (non-hydrogen) atoms. The van der Waals surface area contributed by atoms with Crippen LogP contribution >= 0.6 is 0 Å². The molecule has 0 saturated heterocycles. The number of imidazole rings is 1. The minimum Gasteiger partial charge on any atom is -0.393 e. The molecule has 2 N–H and O–H groups in total. The molecule has 5 rings (SSSR count). The van der Waals surface area contributed by atoms with E-state index in [1.807, 2.05) is 32.3 Å². The number of aromatic nitrogens is 3. The van der Waals surface area contributed by atoms with E-state index in [0.29, 0.717) is 11.2 Å². The van der Waals surface area contributed by atoms with E-state index >= 15 is 0 Å². The van der Waals surface area contributed by atoms with Crippen LogP contribution in [0.1, 0.15) is 53.2 Å². The van der Waals surface area contributed by atoms with Gasteiger partial charge in [0.05, 0.1) is 22.8 Å². The van der Waals surface area contributed by atoms with Crippen LogP contribution in [0.15, 0.2) is 65.8 Å². The predicted molar refractivity (Wildman–Crippen MR) is 141 cm³/mol. The van der Waals surface area contributed by atoms with Crippen molar-refractivity contribution in [3.05, 3.63) is 83.1 Å². The van der Waals surface area contributed by atoms with Crippen LogP contribution in [-0.4, -0.2) is 50.6 Å². The number of benzene rings is 2. The number of nitrogens with zero attached hydrogens (tertiary/aromatic N) is 4. The second kappa shape index (κ2) is 10.2.